The average molecular weight is 781 g/mol. The van der Waals surface area contributed by atoms with Crippen molar-refractivity contribution in [2.24, 2.45) is 51.2 Å². The highest BCUT2D eigenvalue weighted by molar-refractivity contribution is 6.00. The van der Waals surface area contributed by atoms with E-state index in [9.17, 15) is 50.4 Å². The number of esters is 1. The molecule has 0 aromatic rings. The van der Waals surface area contributed by atoms with Crippen molar-refractivity contribution in [2.75, 3.05) is 13.2 Å². The first-order chi connectivity index (χ1) is 25.8. The molecule has 5 aliphatic carbocycles. The molecule has 2 aliphatic heterocycles. The highest BCUT2D eigenvalue weighted by atomic mass is 16.7. The van der Waals surface area contributed by atoms with Crippen molar-refractivity contribution in [3.8, 4) is 0 Å². The molecule has 55 heavy (non-hydrogen) atoms. The van der Waals surface area contributed by atoms with Crippen LogP contribution in [0.1, 0.15) is 99.3 Å². The molecule has 0 aromatic carbocycles. The topological polar surface area (TPSA) is 233 Å². The van der Waals surface area contributed by atoms with Gasteiger partial charge in [-0.05, 0) is 96.9 Å². The monoisotopic (exact) mass is 780 g/mol. The van der Waals surface area contributed by atoms with Crippen molar-refractivity contribution in [1.29, 1.82) is 0 Å². The van der Waals surface area contributed by atoms with Gasteiger partial charge >= 0.3 is 5.97 Å². The molecule has 0 spiro atoms. The third kappa shape index (κ3) is 6.22. The zero-order chi connectivity index (χ0) is 40.2. The van der Waals surface area contributed by atoms with Crippen LogP contribution in [0.3, 0.4) is 0 Å². The second-order valence-corrected chi connectivity index (χ2v) is 19.4. The van der Waals surface area contributed by atoms with E-state index < -0.39 is 97.3 Å². The summed E-state index contributed by atoms with van der Waals surface area (Å²) in [6.07, 6.45) is -9.29. The van der Waals surface area contributed by atoms with Crippen LogP contribution in [0.25, 0.3) is 0 Å². The lowest BCUT2D eigenvalue weighted by molar-refractivity contribution is -0.328. The maximum Gasteiger partial charge on any atom is 0.315 e. The molecule has 2 heterocycles. The van der Waals surface area contributed by atoms with Crippen molar-refractivity contribution in [3.63, 3.8) is 0 Å². The molecule has 0 aromatic heterocycles. The summed E-state index contributed by atoms with van der Waals surface area (Å²) in [6, 6.07) is 0. The smallest absolute Gasteiger partial charge is 0.315 e. The third-order valence-electron chi connectivity index (χ3n) is 16.5. The number of ketones is 1. The van der Waals surface area contributed by atoms with Crippen LogP contribution >= 0.6 is 0 Å². The predicted molar refractivity (Wildman–Crippen MR) is 193 cm³/mol. The number of aliphatic hydroxyl groups is 8. The van der Waals surface area contributed by atoms with Gasteiger partial charge < -0.3 is 59.8 Å². The largest absolute Gasteiger partial charge is 0.432 e. The molecule has 7 rings (SSSR count). The molecule has 2 saturated heterocycles. The minimum absolute atomic E-state index is 0.0219. The summed E-state index contributed by atoms with van der Waals surface area (Å²) in [5.41, 5.74) is -0.117. The first-order valence-electron chi connectivity index (χ1n) is 20.5. The van der Waals surface area contributed by atoms with Gasteiger partial charge in [0.15, 0.2) is 12.1 Å². The molecule has 0 bridgehead atoms. The number of aliphatic hydroxyl groups excluding tert-OH is 8. The van der Waals surface area contributed by atoms with Crippen molar-refractivity contribution >= 4 is 11.8 Å². The predicted octanol–water partition coefficient (Wildman–Crippen LogP) is 1.11. The third-order valence-corrected chi connectivity index (χ3v) is 16.5. The molecule has 0 radical (unpaired) electrons. The van der Waals surface area contributed by atoms with Gasteiger partial charge in [0.25, 0.3) is 0 Å². The molecule has 14 heteroatoms. The number of fused-ring (bicyclic) bond motifs is 6. The molecule has 14 nitrogen and oxygen atoms in total. The minimum Gasteiger partial charge on any atom is -0.432 e. The Morgan fingerprint density at radius 1 is 0.745 bits per heavy atom. The molecule has 312 valence electrons. The van der Waals surface area contributed by atoms with Gasteiger partial charge in [-0.1, -0.05) is 47.1 Å². The highest BCUT2D eigenvalue weighted by Crippen LogP contribution is 2.71. The fraction of sp³-hybridized carbons (Fsp3) is 0.902. The Balaban J connectivity index is 1.17. The van der Waals surface area contributed by atoms with E-state index in [1.807, 2.05) is 0 Å². The molecule has 7 aliphatic rings. The summed E-state index contributed by atoms with van der Waals surface area (Å²) in [5, 5.41) is 82.5. The number of carbonyl (C=O) groups excluding carboxylic acids is 2. The summed E-state index contributed by atoms with van der Waals surface area (Å²) in [4.78, 5) is 29.4. The number of carbonyl (C=O) groups is 2. The number of ether oxygens (including phenoxy) is 4. The minimum atomic E-state index is -1.72. The van der Waals surface area contributed by atoms with Crippen LogP contribution in [0.4, 0.5) is 0 Å². The maximum atomic E-state index is 14.9. The van der Waals surface area contributed by atoms with Crippen molar-refractivity contribution in [1.82, 2.24) is 0 Å². The second-order valence-electron chi connectivity index (χ2n) is 19.4. The van der Waals surface area contributed by atoms with Gasteiger partial charge in [0.05, 0.1) is 24.7 Å². The first-order valence-corrected chi connectivity index (χ1v) is 20.5. The van der Waals surface area contributed by atoms with E-state index in [2.05, 4.69) is 41.5 Å². The maximum absolute atomic E-state index is 14.9. The Morgan fingerprint density at radius 2 is 1.35 bits per heavy atom. The number of hydrogen-bond acceptors (Lipinski definition) is 14. The zero-order valence-electron chi connectivity index (χ0n) is 33.0. The van der Waals surface area contributed by atoms with Crippen molar-refractivity contribution in [3.05, 3.63) is 11.1 Å². The average Bonchev–Trinajstić information content (AvgIpc) is 3.15. The van der Waals surface area contributed by atoms with Gasteiger partial charge in [0.1, 0.15) is 48.8 Å². The van der Waals surface area contributed by atoms with Crippen LogP contribution in [-0.2, 0) is 28.5 Å². The Morgan fingerprint density at radius 3 is 1.96 bits per heavy atom. The van der Waals surface area contributed by atoms with Crippen LogP contribution in [-0.4, -0.2) is 133 Å². The van der Waals surface area contributed by atoms with E-state index in [0.29, 0.717) is 32.1 Å². The number of Topliss-reactive ketones (excluding diaryl/α,β-unsaturated/α-hetero) is 1. The standard InChI is InChI=1S/C41H64O14/c1-18-7-13-41(37(51)55-36-34(50)32(48)30(46)23(17-43)53-36)14-8-20-27(28(41)19(18)2)21(44)15-25-39(20,5)11-9-24-38(3,4)26(10-12-40(24,25)6)54-35-33(49)31(47)29(45)22(16-42)52-35/h18-19,22-26,28-36,42-43,45-50H,7-17H2,1-6H3. The second kappa shape index (κ2) is 14.6. The van der Waals surface area contributed by atoms with Crippen LogP contribution in [0.5, 0.6) is 0 Å². The van der Waals surface area contributed by atoms with Crippen LogP contribution < -0.4 is 0 Å². The highest BCUT2D eigenvalue weighted by Gasteiger charge is 2.67. The van der Waals surface area contributed by atoms with Gasteiger partial charge in [-0.15, -0.1) is 0 Å². The summed E-state index contributed by atoms with van der Waals surface area (Å²) in [5.74, 6) is -0.561. The molecule has 0 amide bonds. The van der Waals surface area contributed by atoms with E-state index in [1.165, 1.54) is 0 Å². The summed E-state index contributed by atoms with van der Waals surface area (Å²) in [6.45, 7) is 12.0. The lowest BCUT2D eigenvalue weighted by atomic mass is 9.38. The molecule has 3 saturated carbocycles. The zero-order valence-corrected chi connectivity index (χ0v) is 33.0. The van der Waals surface area contributed by atoms with Gasteiger partial charge in [-0.2, -0.15) is 0 Å². The number of rotatable bonds is 6. The molecule has 5 fully saturated rings. The molecular formula is C41H64O14. The fourth-order valence-electron chi connectivity index (χ4n) is 13.1. The molecule has 8 N–H and O–H groups in total. The van der Waals surface area contributed by atoms with Gasteiger partial charge in [-0.3, -0.25) is 9.59 Å². The fourth-order valence-corrected chi connectivity index (χ4v) is 13.1. The van der Waals surface area contributed by atoms with Gasteiger partial charge in [0, 0.05) is 12.3 Å². The molecule has 19 unspecified atom stereocenters. The molecule has 19 atom stereocenters. The quantitative estimate of drug-likeness (QED) is 0.139. The summed E-state index contributed by atoms with van der Waals surface area (Å²) < 4.78 is 23.7. The van der Waals surface area contributed by atoms with E-state index in [1.54, 1.807) is 0 Å². The summed E-state index contributed by atoms with van der Waals surface area (Å²) >= 11 is 0. The van der Waals surface area contributed by atoms with Crippen molar-refractivity contribution in [2.45, 2.75) is 167 Å². The lowest BCUT2D eigenvalue weighted by Gasteiger charge is -2.67. The summed E-state index contributed by atoms with van der Waals surface area (Å²) in [7, 11) is 0. The normalized spacial score (nSPS) is 52.4. The Bertz CT molecular complexity index is 1510. The Labute approximate surface area is 323 Å². The van der Waals surface area contributed by atoms with Crippen LogP contribution in [0.15, 0.2) is 11.1 Å². The SMILES string of the molecule is CC1CCC2(C(=O)OC3OC(CO)C(O)C(O)C3O)CCC3=C(C(=O)CC4C3(C)CCC3C(C)(C)C(OC5OC(CO)C(O)C(O)C5O)CCC43C)C2C1C. The Kier molecular flexibility index (Phi) is 11.1. The van der Waals surface area contributed by atoms with Crippen LogP contribution in [0.2, 0.25) is 0 Å². The molecular weight excluding hydrogens is 716 g/mol. The Hall–Kier alpha value is -1.56. The number of allylic oxidation sites excluding steroid dienone is 2. The van der Waals surface area contributed by atoms with E-state index in [4.69, 9.17) is 18.9 Å². The van der Waals surface area contributed by atoms with Gasteiger partial charge in [0.2, 0.25) is 6.29 Å². The van der Waals surface area contributed by atoms with E-state index in [0.717, 1.165) is 36.8 Å². The lowest BCUT2D eigenvalue weighted by Crippen LogP contribution is -2.64. The van der Waals surface area contributed by atoms with Crippen molar-refractivity contribution < 1.29 is 69.4 Å². The van der Waals surface area contributed by atoms with Crippen LogP contribution in [0, 0.1) is 51.2 Å². The van der Waals surface area contributed by atoms with E-state index in [-0.39, 0.29) is 46.4 Å². The van der Waals surface area contributed by atoms with E-state index >= 15 is 0 Å². The van der Waals surface area contributed by atoms with Gasteiger partial charge in [-0.25, -0.2) is 0 Å². The number of hydrogen-bond donors (Lipinski definition) is 8. The first kappa shape index (κ1) is 41.6.